The Bertz CT molecular complexity index is 492. The standard InChI is InChI=1S/C19H34N4O2/c1-3-20-18(22-16-19(2,24)17-10-8-15-25-17)21-11-9-14-23-12-6-4-5-7-13-23/h8,10,15,24H,3-7,9,11-14,16H2,1-2H3,(H2,20,21,22). The van der Waals surface area contributed by atoms with Crippen molar-refractivity contribution in [1.82, 2.24) is 15.5 Å². The van der Waals surface area contributed by atoms with Crippen molar-refractivity contribution in [3.8, 4) is 0 Å². The minimum absolute atomic E-state index is 0.252. The van der Waals surface area contributed by atoms with Crippen LogP contribution in [0.2, 0.25) is 0 Å². The van der Waals surface area contributed by atoms with Gasteiger partial charge in [0.15, 0.2) is 5.96 Å². The summed E-state index contributed by atoms with van der Waals surface area (Å²) in [7, 11) is 0. The van der Waals surface area contributed by atoms with Gasteiger partial charge in [0.1, 0.15) is 11.4 Å². The van der Waals surface area contributed by atoms with E-state index in [2.05, 4.69) is 20.5 Å². The Kier molecular flexibility index (Phi) is 8.28. The number of nitrogens with zero attached hydrogens (tertiary/aromatic N) is 2. The number of likely N-dealkylation sites (tertiary alicyclic amines) is 1. The summed E-state index contributed by atoms with van der Waals surface area (Å²) in [4.78, 5) is 7.08. The lowest BCUT2D eigenvalue weighted by atomic mass is 10.0. The maximum atomic E-state index is 10.5. The van der Waals surface area contributed by atoms with Gasteiger partial charge in [-0.25, -0.2) is 4.99 Å². The Hall–Kier alpha value is -1.53. The van der Waals surface area contributed by atoms with Crippen LogP contribution in [0.15, 0.2) is 27.8 Å². The molecule has 1 saturated heterocycles. The smallest absolute Gasteiger partial charge is 0.191 e. The molecule has 1 fully saturated rings. The molecule has 25 heavy (non-hydrogen) atoms. The summed E-state index contributed by atoms with van der Waals surface area (Å²) >= 11 is 0. The second-order valence-corrected chi connectivity index (χ2v) is 6.98. The van der Waals surface area contributed by atoms with Crippen LogP contribution in [-0.4, -0.2) is 55.2 Å². The van der Waals surface area contributed by atoms with Crippen molar-refractivity contribution in [2.45, 2.75) is 51.6 Å². The first-order valence-corrected chi connectivity index (χ1v) is 9.63. The van der Waals surface area contributed by atoms with Gasteiger partial charge in [-0.3, -0.25) is 0 Å². The number of rotatable bonds is 8. The largest absolute Gasteiger partial charge is 0.466 e. The fraction of sp³-hybridized carbons (Fsp3) is 0.737. The highest BCUT2D eigenvalue weighted by atomic mass is 16.4. The number of aliphatic hydroxyl groups is 1. The zero-order chi connectivity index (χ0) is 18.0. The molecule has 0 bridgehead atoms. The lowest BCUT2D eigenvalue weighted by Crippen LogP contribution is -2.40. The van der Waals surface area contributed by atoms with Gasteiger partial charge in [0.2, 0.25) is 0 Å². The van der Waals surface area contributed by atoms with E-state index in [1.807, 2.05) is 6.92 Å². The third-order valence-corrected chi connectivity index (χ3v) is 4.58. The Labute approximate surface area is 151 Å². The first-order valence-electron chi connectivity index (χ1n) is 9.63. The van der Waals surface area contributed by atoms with E-state index in [0.717, 1.165) is 32.0 Å². The molecule has 0 aromatic carbocycles. The topological polar surface area (TPSA) is 73.0 Å². The minimum atomic E-state index is -1.10. The maximum Gasteiger partial charge on any atom is 0.191 e. The van der Waals surface area contributed by atoms with Crippen LogP contribution in [0.4, 0.5) is 0 Å². The first-order chi connectivity index (χ1) is 12.1. The Morgan fingerprint density at radius 1 is 1.28 bits per heavy atom. The molecule has 6 nitrogen and oxygen atoms in total. The molecule has 0 spiro atoms. The van der Waals surface area contributed by atoms with Crippen molar-refractivity contribution in [3.63, 3.8) is 0 Å². The van der Waals surface area contributed by atoms with Gasteiger partial charge in [-0.2, -0.15) is 0 Å². The van der Waals surface area contributed by atoms with Crippen molar-refractivity contribution >= 4 is 5.96 Å². The molecule has 3 N–H and O–H groups in total. The number of furan rings is 1. The van der Waals surface area contributed by atoms with Gasteiger partial charge in [0.25, 0.3) is 0 Å². The molecule has 2 heterocycles. The SMILES string of the molecule is CCNC(=NCC(C)(O)c1ccco1)NCCCN1CCCCCC1. The third-order valence-electron chi connectivity index (χ3n) is 4.58. The highest BCUT2D eigenvalue weighted by Gasteiger charge is 2.26. The molecule has 0 saturated carbocycles. The molecule has 142 valence electrons. The molecule has 0 amide bonds. The van der Waals surface area contributed by atoms with Gasteiger partial charge in [-0.05, 0) is 64.9 Å². The molecule has 1 unspecified atom stereocenters. The van der Waals surface area contributed by atoms with Crippen LogP contribution in [0, 0.1) is 0 Å². The molecule has 1 aliphatic heterocycles. The lowest BCUT2D eigenvalue weighted by molar-refractivity contribution is 0.0437. The van der Waals surface area contributed by atoms with Crippen LogP contribution in [0.3, 0.4) is 0 Å². The minimum Gasteiger partial charge on any atom is -0.466 e. The summed E-state index contributed by atoms with van der Waals surface area (Å²) in [6, 6.07) is 3.55. The number of hydrogen-bond acceptors (Lipinski definition) is 4. The van der Waals surface area contributed by atoms with E-state index in [1.54, 1.807) is 25.3 Å². The predicted molar refractivity (Wildman–Crippen MR) is 102 cm³/mol. The van der Waals surface area contributed by atoms with Gasteiger partial charge >= 0.3 is 0 Å². The Balaban J connectivity index is 1.75. The summed E-state index contributed by atoms with van der Waals surface area (Å²) in [6.45, 7) is 9.29. The van der Waals surface area contributed by atoms with Crippen LogP contribution in [-0.2, 0) is 5.60 Å². The molecule has 1 aromatic rings. The van der Waals surface area contributed by atoms with Crippen LogP contribution in [0.1, 0.15) is 51.7 Å². The number of hydrogen-bond donors (Lipinski definition) is 3. The summed E-state index contributed by atoms with van der Waals surface area (Å²) in [5, 5.41) is 17.1. The van der Waals surface area contributed by atoms with E-state index in [4.69, 9.17) is 4.42 Å². The molecule has 1 aromatic heterocycles. The fourth-order valence-corrected chi connectivity index (χ4v) is 3.11. The van der Waals surface area contributed by atoms with E-state index in [-0.39, 0.29) is 6.54 Å². The average Bonchev–Trinajstić information content (AvgIpc) is 3.03. The van der Waals surface area contributed by atoms with E-state index >= 15 is 0 Å². The molecule has 2 rings (SSSR count). The van der Waals surface area contributed by atoms with E-state index in [1.165, 1.54) is 38.8 Å². The van der Waals surface area contributed by atoms with Crippen LogP contribution in [0.25, 0.3) is 0 Å². The molecular formula is C19H34N4O2. The number of aliphatic imine (C=N–C) groups is 1. The van der Waals surface area contributed by atoms with E-state index in [9.17, 15) is 5.11 Å². The van der Waals surface area contributed by atoms with Gasteiger partial charge in [0.05, 0.1) is 12.8 Å². The zero-order valence-electron chi connectivity index (χ0n) is 15.8. The van der Waals surface area contributed by atoms with Crippen molar-refractivity contribution in [2.75, 3.05) is 39.3 Å². The highest BCUT2D eigenvalue weighted by molar-refractivity contribution is 5.79. The third kappa shape index (κ3) is 7.08. The van der Waals surface area contributed by atoms with Crippen molar-refractivity contribution < 1.29 is 9.52 Å². The predicted octanol–water partition coefficient (Wildman–Crippen LogP) is 2.31. The second kappa shape index (κ2) is 10.5. The number of nitrogens with one attached hydrogen (secondary N) is 2. The Morgan fingerprint density at radius 2 is 2.04 bits per heavy atom. The van der Waals surface area contributed by atoms with Gasteiger partial charge in [-0.1, -0.05) is 12.8 Å². The summed E-state index contributed by atoms with van der Waals surface area (Å²) in [5.74, 6) is 1.28. The summed E-state index contributed by atoms with van der Waals surface area (Å²) in [6.07, 6.45) is 8.08. The normalized spacial score (nSPS) is 19.2. The first kappa shape index (κ1) is 19.8. The van der Waals surface area contributed by atoms with E-state index in [0.29, 0.717) is 5.76 Å². The number of guanidine groups is 1. The van der Waals surface area contributed by atoms with Crippen molar-refractivity contribution in [2.24, 2.45) is 4.99 Å². The quantitative estimate of drug-likeness (QED) is 0.381. The van der Waals surface area contributed by atoms with Gasteiger partial charge in [-0.15, -0.1) is 0 Å². The highest BCUT2D eigenvalue weighted by Crippen LogP contribution is 2.21. The molecule has 0 radical (unpaired) electrons. The van der Waals surface area contributed by atoms with Gasteiger partial charge in [0, 0.05) is 13.1 Å². The molecule has 0 aliphatic carbocycles. The maximum absolute atomic E-state index is 10.5. The van der Waals surface area contributed by atoms with E-state index < -0.39 is 5.60 Å². The van der Waals surface area contributed by atoms with Crippen molar-refractivity contribution in [3.05, 3.63) is 24.2 Å². The molecule has 1 aliphatic rings. The van der Waals surface area contributed by atoms with Crippen LogP contribution >= 0.6 is 0 Å². The molecular weight excluding hydrogens is 316 g/mol. The average molecular weight is 351 g/mol. The van der Waals surface area contributed by atoms with Crippen molar-refractivity contribution in [1.29, 1.82) is 0 Å². The summed E-state index contributed by atoms with van der Waals surface area (Å²) in [5.41, 5.74) is -1.10. The second-order valence-electron chi connectivity index (χ2n) is 6.98. The van der Waals surface area contributed by atoms with Crippen LogP contribution in [0.5, 0.6) is 0 Å². The van der Waals surface area contributed by atoms with Gasteiger partial charge < -0.3 is 25.1 Å². The summed E-state index contributed by atoms with van der Waals surface area (Å²) < 4.78 is 5.30. The Morgan fingerprint density at radius 3 is 2.68 bits per heavy atom. The fourth-order valence-electron chi connectivity index (χ4n) is 3.11. The molecule has 1 atom stereocenters. The zero-order valence-corrected chi connectivity index (χ0v) is 15.8. The van der Waals surface area contributed by atoms with Crippen LogP contribution < -0.4 is 10.6 Å². The molecule has 6 heteroatoms. The lowest BCUT2D eigenvalue weighted by Gasteiger charge is -2.21. The monoisotopic (exact) mass is 350 g/mol.